The average molecular weight is 465 g/mol. The summed E-state index contributed by atoms with van der Waals surface area (Å²) < 4.78 is 6.43. The van der Waals surface area contributed by atoms with Gasteiger partial charge in [0, 0.05) is 26.2 Å². The van der Waals surface area contributed by atoms with Crippen LogP contribution in [-0.4, -0.2) is 81.3 Å². The minimum atomic E-state index is -1.08. The zero-order valence-corrected chi connectivity index (χ0v) is 20.1. The summed E-state index contributed by atoms with van der Waals surface area (Å²) in [5.41, 5.74) is -2.01. The van der Waals surface area contributed by atoms with Gasteiger partial charge in [-0.05, 0) is 39.0 Å². The highest BCUT2D eigenvalue weighted by Gasteiger charge is 2.78. The number of aliphatic hydroxyl groups excluding tert-OH is 1. The van der Waals surface area contributed by atoms with Crippen LogP contribution in [0.3, 0.4) is 0 Å². The number of aliphatic hydroxyl groups is 1. The number of carbonyl (C=O) groups excluding carboxylic acids is 2. The van der Waals surface area contributed by atoms with E-state index >= 15 is 0 Å². The highest BCUT2D eigenvalue weighted by atomic mass is 16.5. The Morgan fingerprint density at radius 3 is 2.58 bits per heavy atom. The van der Waals surface area contributed by atoms with E-state index in [1.807, 2.05) is 0 Å². The molecule has 0 radical (unpaired) electrons. The molecular formula is C25H40N2O6. The lowest BCUT2D eigenvalue weighted by Crippen LogP contribution is -2.56. The zero-order chi connectivity index (χ0) is 24.2. The molecule has 0 aromatic heterocycles. The Kier molecular flexibility index (Phi) is 8.22. The van der Waals surface area contributed by atoms with Crippen molar-refractivity contribution in [1.29, 1.82) is 0 Å². The van der Waals surface area contributed by atoms with Gasteiger partial charge in [0.25, 0.3) is 0 Å². The summed E-state index contributed by atoms with van der Waals surface area (Å²) in [7, 11) is 0. The van der Waals surface area contributed by atoms with E-state index in [2.05, 4.69) is 13.5 Å². The van der Waals surface area contributed by atoms with Gasteiger partial charge < -0.3 is 24.7 Å². The molecule has 2 unspecified atom stereocenters. The Morgan fingerprint density at radius 1 is 1.21 bits per heavy atom. The minimum Gasteiger partial charge on any atom is -0.481 e. The van der Waals surface area contributed by atoms with Gasteiger partial charge in [-0.2, -0.15) is 0 Å². The van der Waals surface area contributed by atoms with Crippen LogP contribution in [0.5, 0.6) is 0 Å². The third kappa shape index (κ3) is 4.56. The maximum absolute atomic E-state index is 14.0. The normalized spacial score (nSPS) is 32.3. The molecule has 3 aliphatic rings. The maximum atomic E-state index is 14.0. The lowest BCUT2D eigenvalue weighted by molar-refractivity contribution is -0.156. The van der Waals surface area contributed by atoms with Gasteiger partial charge in [0.15, 0.2) is 0 Å². The van der Waals surface area contributed by atoms with Crippen molar-refractivity contribution in [2.45, 2.75) is 88.9 Å². The van der Waals surface area contributed by atoms with Crippen LogP contribution in [0, 0.1) is 11.8 Å². The molecule has 2 N–H and O–H groups in total. The lowest BCUT2D eigenvalue weighted by atomic mass is 9.66. The van der Waals surface area contributed by atoms with E-state index in [-0.39, 0.29) is 18.4 Å². The SMILES string of the molecule is C=CCN(CCCCC)C(=O)C1N(CCCCCCO)C(=O)[C@@H]2[C@H](C(=O)O)[C@]3(C)CCC12O3. The first-order chi connectivity index (χ1) is 15.8. The van der Waals surface area contributed by atoms with E-state index in [9.17, 15) is 19.5 Å². The summed E-state index contributed by atoms with van der Waals surface area (Å²) in [6.07, 6.45) is 8.72. The van der Waals surface area contributed by atoms with E-state index in [1.165, 1.54) is 0 Å². The third-order valence-corrected chi connectivity index (χ3v) is 7.78. The van der Waals surface area contributed by atoms with Crippen molar-refractivity contribution in [2.75, 3.05) is 26.2 Å². The highest BCUT2D eigenvalue weighted by molar-refractivity contribution is 5.98. The lowest BCUT2D eigenvalue weighted by Gasteiger charge is -2.37. The van der Waals surface area contributed by atoms with Gasteiger partial charge in [0.05, 0.1) is 17.4 Å². The third-order valence-electron chi connectivity index (χ3n) is 7.78. The Hall–Kier alpha value is -1.93. The molecule has 0 aromatic rings. The summed E-state index contributed by atoms with van der Waals surface area (Å²) in [5.74, 6) is -3.23. The van der Waals surface area contributed by atoms with Crippen molar-refractivity contribution >= 4 is 17.8 Å². The number of carbonyl (C=O) groups is 3. The molecule has 3 rings (SSSR count). The summed E-state index contributed by atoms with van der Waals surface area (Å²) >= 11 is 0. The van der Waals surface area contributed by atoms with E-state index < -0.39 is 35.0 Å². The molecule has 186 valence electrons. The van der Waals surface area contributed by atoms with Gasteiger partial charge in [0.1, 0.15) is 11.6 Å². The van der Waals surface area contributed by atoms with Crippen molar-refractivity contribution in [2.24, 2.45) is 11.8 Å². The second kappa shape index (κ2) is 10.6. The molecule has 5 atom stereocenters. The molecule has 33 heavy (non-hydrogen) atoms. The van der Waals surface area contributed by atoms with Crippen LogP contribution >= 0.6 is 0 Å². The van der Waals surface area contributed by atoms with Crippen LogP contribution in [0.15, 0.2) is 12.7 Å². The molecule has 3 aliphatic heterocycles. The maximum Gasteiger partial charge on any atom is 0.310 e. The van der Waals surface area contributed by atoms with Crippen molar-refractivity contribution in [1.82, 2.24) is 9.80 Å². The smallest absolute Gasteiger partial charge is 0.310 e. The van der Waals surface area contributed by atoms with Gasteiger partial charge >= 0.3 is 5.97 Å². The standard InChI is InChI=1S/C25H40N2O6/c1-4-6-9-15-26(14-5-2)22(30)20-25-13-12-24(3,33-25)19(23(31)32)18(25)21(29)27(20)16-10-7-8-11-17-28/h5,18-20,28H,2,4,6-17H2,1,3H3,(H,31,32)/t18-,19+,20?,24-,25?/m0/s1. The van der Waals surface area contributed by atoms with Crippen LogP contribution in [0.25, 0.3) is 0 Å². The molecular weight excluding hydrogens is 424 g/mol. The molecule has 1 spiro atoms. The monoisotopic (exact) mass is 464 g/mol. The van der Waals surface area contributed by atoms with E-state index in [4.69, 9.17) is 9.84 Å². The van der Waals surface area contributed by atoms with Crippen molar-refractivity contribution in [3.05, 3.63) is 12.7 Å². The van der Waals surface area contributed by atoms with Crippen LogP contribution < -0.4 is 0 Å². The molecule has 3 fully saturated rings. The van der Waals surface area contributed by atoms with Crippen LogP contribution in [0.2, 0.25) is 0 Å². The summed E-state index contributed by atoms with van der Waals surface area (Å²) in [5, 5.41) is 19.0. The van der Waals surface area contributed by atoms with E-state index in [0.29, 0.717) is 45.3 Å². The topological polar surface area (TPSA) is 107 Å². The van der Waals surface area contributed by atoms with Gasteiger partial charge in [-0.1, -0.05) is 38.7 Å². The molecule has 0 aliphatic carbocycles. The molecule has 8 heteroatoms. The first kappa shape index (κ1) is 25.7. The van der Waals surface area contributed by atoms with Crippen molar-refractivity contribution in [3.63, 3.8) is 0 Å². The van der Waals surface area contributed by atoms with Gasteiger partial charge in [0.2, 0.25) is 11.8 Å². The quantitative estimate of drug-likeness (QED) is 0.302. The molecule has 2 bridgehead atoms. The number of ether oxygens (including phenoxy) is 1. The molecule has 3 saturated heterocycles. The predicted molar refractivity (Wildman–Crippen MR) is 123 cm³/mol. The number of aliphatic carboxylic acids is 1. The number of carboxylic acid groups (broad SMARTS) is 1. The predicted octanol–water partition coefficient (Wildman–Crippen LogP) is 2.59. The number of hydrogen-bond acceptors (Lipinski definition) is 5. The number of amides is 2. The molecule has 0 aromatic carbocycles. The van der Waals surface area contributed by atoms with E-state index in [1.54, 1.807) is 22.8 Å². The number of hydrogen-bond donors (Lipinski definition) is 2. The fraction of sp³-hybridized carbons (Fsp3) is 0.800. The summed E-state index contributed by atoms with van der Waals surface area (Å²) in [6.45, 7) is 9.17. The Morgan fingerprint density at radius 2 is 1.94 bits per heavy atom. The molecule has 0 saturated carbocycles. The number of rotatable bonds is 14. The summed E-state index contributed by atoms with van der Waals surface area (Å²) in [6, 6.07) is -0.805. The average Bonchev–Trinajstić information content (AvgIpc) is 3.33. The number of likely N-dealkylation sites (tertiary alicyclic amines) is 1. The second-order valence-corrected chi connectivity index (χ2v) is 10.0. The Bertz CT molecular complexity index is 757. The first-order valence-electron chi connectivity index (χ1n) is 12.5. The molecule has 2 amide bonds. The van der Waals surface area contributed by atoms with Gasteiger partial charge in [-0.25, -0.2) is 0 Å². The largest absolute Gasteiger partial charge is 0.481 e. The molecule has 3 heterocycles. The van der Waals surface area contributed by atoms with Crippen LogP contribution in [0.4, 0.5) is 0 Å². The fourth-order valence-electron chi connectivity index (χ4n) is 6.24. The summed E-state index contributed by atoms with van der Waals surface area (Å²) in [4.78, 5) is 43.2. The van der Waals surface area contributed by atoms with Gasteiger partial charge in [-0.15, -0.1) is 6.58 Å². The van der Waals surface area contributed by atoms with E-state index in [0.717, 1.165) is 32.1 Å². The number of unbranched alkanes of at least 4 members (excludes halogenated alkanes) is 5. The second-order valence-electron chi connectivity index (χ2n) is 10.0. The van der Waals surface area contributed by atoms with Crippen LogP contribution in [0.1, 0.15) is 71.6 Å². The van der Waals surface area contributed by atoms with Crippen LogP contribution in [-0.2, 0) is 19.1 Å². The number of nitrogens with zero attached hydrogens (tertiary/aromatic N) is 2. The molecule has 8 nitrogen and oxygen atoms in total. The fourth-order valence-corrected chi connectivity index (χ4v) is 6.24. The Labute approximate surface area is 196 Å². The van der Waals surface area contributed by atoms with Crippen molar-refractivity contribution in [3.8, 4) is 0 Å². The number of fused-ring (bicyclic) bond motifs is 1. The van der Waals surface area contributed by atoms with Gasteiger partial charge in [-0.3, -0.25) is 14.4 Å². The van der Waals surface area contributed by atoms with Crippen molar-refractivity contribution < 1.29 is 29.3 Å². The Balaban J connectivity index is 1.91. The highest BCUT2D eigenvalue weighted by Crippen LogP contribution is 2.63. The first-order valence-corrected chi connectivity index (χ1v) is 12.5. The number of carboxylic acids is 1. The zero-order valence-electron chi connectivity index (χ0n) is 20.1. The minimum absolute atomic E-state index is 0.135.